The number of nitrogens with one attached hydrogen (secondary N) is 2. The van der Waals surface area contributed by atoms with Crippen molar-refractivity contribution >= 4 is 40.3 Å². The molecule has 2 N–H and O–H groups in total. The molecule has 186 valence electrons. The largest absolute Gasteiger partial charge is 0.514 e. The Labute approximate surface area is 200 Å². The molecule has 1 atom stereocenters. The topological polar surface area (TPSA) is 136 Å². The van der Waals surface area contributed by atoms with Gasteiger partial charge in [-0.2, -0.15) is 18.3 Å². The number of non-ortho nitro benzene ring substituents is 1. The van der Waals surface area contributed by atoms with Gasteiger partial charge in [0, 0.05) is 36.9 Å². The second-order valence-corrected chi connectivity index (χ2v) is 7.66. The van der Waals surface area contributed by atoms with Crippen LogP contribution in [0.2, 0.25) is 5.02 Å². The number of aromatic amines is 1. The average molecular weight is 515 g/mol. The molecule has 2 aromatic carbocycles. The molecule has 2 heterocycles. The first-order valence-corrected chi connectivity index (χ1v) is 10.5. The molecule has 0 saturated heterocycles. The van der Waals surface area contributed by atoms with E-state index in [0.29, 0.717) is 10.5 Å². The normalized spacial score (nSPS) is 15.2. The summed E-state index contributed by atoms with van der Waals surface area (Å²) in [6, 6.07) is 6.61. The van der Waals surface area contributed by atoms with Crippen molar-refractivity contribution in [3.63, 3.8) is 0 Å². The molecular formula is C21H18ClF3N4O6. The summed E-state index contributed by atoms with van der Waals surface area (Å²) >= 11 is 6.26. The van der Waals surface area contributed by atoms with Crippen LogP contribution in [0, 0.1) is 10.1 Å². The molecule has 1 aliphatic rings. The number of benzene rings is 2. The number of hydrogen-bond donors (Lipinski definition) is 2. The van der Waals surface area contributed by atoms with Crippen molar-refractivity contribution in [3.8, 4) is 5.75 Å². The van der Waals surface area contributed by atoms with Crippen LogP contribution in [0.5, 0.6) is 5.75 Å². The second kappa shape index (κ2) is 10.6. The summed E-state index contributed by atoms with van der Waals surface area (Å²) in [7, 11) is 0. The predicted octanol–water partition coefficient (Wildman–Crippen LogP) is 4.84. The quantitative estimate of drug-likeness (QED) is 0.221. The van der Waals surface area contributed by atoms with E-state index in [0.717, 1.165) is 23.4 Å². The second-order valence-electron chi connectivity index (χ2n) is 7.25. The molecule has 0 bridgehead atoms. The highest BCUT2D eigenvalue weighted by Crippen LogP contribution is 2.30. The zero-order valence-electron chi connectivity index (χ0n) is 18.0. The Morgan fingerprint density at radius 2 is 1.97 bits per heavy atom. The molecular weight excluding hydrogens is 497 g/mol. The molecule has 0 aliphatic carbocycles. The fourth-order valence-corrected chi connectivity index (χ4v) is 3.40. The maximum Gasteiger partial charge on any atom is 0.514 e. The summed E-state index contributed by atoms with van der Waals surface area (Å²) in [6.45, 7) is 1.32. The van der Waals surface area contributed by atoms with Crippen LogP contribution in [-0.4, -0.2) is 39.5 Å². The fourth-order valence-electron chi connectivity index (χ4n) is 3.12. The number of aromatic nitrogens is 2. The molecule has 0 saturated carbocycles. The summed E-state index contributed by atoms with van der Waals surface area (Å²) in [5.74, 6) is -0.423. The third kappa shape index (κ3) is 6.59. The minimum atomic E-state index is -3.96. The third-order valence-corrected chi connectivity index (χ3v) is 5.22. The molecule has 0 unspecified atom stereocenters. The van der Waals surface area contributed by atoms with E-state index in [1.165, 1.54) is 24.3 Å². The Balaban J connectivity index is 0.000000509. The predicted molar refractivity (Wildman–Crippen MR) is 117 cm³/mol. The molecule has 0 fully saturated rings. The van der Waals surface area contributed by atoms with Gasteiger partial charge in [-0.25, -0.2) is 4.79 Å². The van der Waals surface area contributed by atoms with Crippen LogP contribution < -0.4 is 10.1 Å². The lowest BCUT2D eigenvalue weighted by molar-refractivity contribution is -0.384. The maximum atomic E-state index is 12.4. The average Bonchev–Trinajstić information content (AvgIpc) is 3.23. The highest BCUT2D eigenvalue weighted by Gasteiger charge is 2.30. The fraction of sp³-hybridized carbons (Fsp3) is 0.286. The Morgan fingerprint density at radius 3 is 2.57 bits per heavy atom. The number of halogens is 4. The van der Waals surface area contributed by atoms with Crippen LogP contribution in [0.3, 0.4) is 0 Å². The Morgan fingerprint density at radius 1 is 1.31 bits per heavy atom. The summed E-state index contributed by atoms with van der Waals surface area (Å²) < 4.78 is 42.5. The van der Waals surface area contributed by atoms with Gasteiger partial charge >= 0.3 is 12.3 Å². The summed E-state index contributed by atoms with van der Waals surface area (Å²) in [5.41, 5.74) is 2.10. The van der Waals surface area contributed by atoms with E-state index >= 15 is 0 Å². The van der Waals surface area contributed by atoms with E-state index < -0.39 is 35.7 Å². The minimum absolute atomic E-state index is 0.0539. The van der Waals surface area contributed by atoms with Crippen molar-refractivity contribution < 1.29 is 37.2 Å². The Kier molecular flexibility index (Phi) is 7.79. The summed E-state index contributed by atoms with van der Waals surface area (Å²) in [5, 5.41) is 21.4. The molecule has 0 radical (unpaired) electrons. The highest BCUT2D eigenvalue weighted by atomic mass is 35.5. The number of rotatable bonds is 3. The third-order valence-electron chi connectivity index (χ3n) is 4.92. The van der Waals surface area contributed by atoms with Gasteiger partial charge in [0.25, 0.3) is 11.6 Å². The molecule has 1 amide bonds. The first-order valence-electron chi connectivity index (χ1n) is 10.1. The highest BCUT2D eigenvalue weighted by molar-refractivity contribution is 6.35. The van der Waals surface area contributed by atoms with Crippen molar-refractivity contribution in [2.75, 3.05) is 0 Å². The van der Waals surface area contributed by atoms with Crippen molar-refractivity contribution in [2.45, 2.75) is 38.6 Å². The van der Waals surface area contributed by atoms with Gasteiger partial charge in [0.2, 0.25) is 0 Å². The van der Waals surface area contributed by atoms with E-state index in [4.69, 9.17) is 21.1 Å². The van der Waals surface area contributed by atoms with Crippen molar-refractivity contribution in [1.82, 2.24) is 15.5 Å². The van der Waals surface area contributed by atoms with Crippen LogP contribution >= 0.6 is 11.6 Å². The van der Waals surface area contributed by atoms with Gasteiger partial charge in [0.1, 0.15) is 5.75 Å². The summed E-state index contributed by atoms with van der Waals surface area (Å²) in [6.07, 6.45) is -5.18. The van der Waals surface area contributed by atoms with Gasteiger partial charge in [-0.05, 0) is 29.3 Å². The van der Waals surface area contributed by atoms with Crippen LogP contribution in [0.4, 0.5) is 23.7 Å². The zero-order valence-corrected chi connectivity index (χ0v) is 18.8. The molecule has 4 rings (SSSR count). The Hall–Kier alpha value is -3.87. The van der Waals surface area contributed by atoms with E-state index in [1.54, 1.807) is 12.3 Å². The standard InChI is InChI=1S/C18H13ClN4O6.C3H5F3/c19-14-5-9-6-15(17(24)20-7-12(9)13-8-21-22-16(13)14)29-18(25)28-11-3-1-10(2-4-11)23(26)27;1-2-3(4,5)6/h1-5,8,15H,6-7H2,(H,20,24)(H,21,22);2H2,1H3/t15-;/m1./s1. The van der Waals surface area contributed by atoms with Crippen LogP contribution in [-0.2, 0) is 22.5 Å². The maximum absolute atomic E-state index is 12.4. The van der Waals surface area contributed by atoms with E-state index in [9.17, 15) is 32.9 Å². The number of hydrogen-bond acceptors (Lipinski definition) is 7. The number of fused-ring (bicyclic) bond motifs is 3. The van der Waals surface area contributed by atoms with Gasteiger partial charge in [-0.3, -0.25) is 20.0 Å². The first-order chi connectivity index (χ1) is 16.5. The lowest BCUT2D eigenvalue weighted by Gasteiger charge is -2.14. The van der Waals surface area contributed by atoms with Gasteiger partial charge in [0.05, 0.1) is 21.7 Å². The number of H-pyrrole nitrogens is 1. The van der Waals surface area contributed by atoms with Gasteiger partial charge in [-0.1, -0.05) is 18.5 Å². The number of carbonyl (C=O) groups excluding carboxylic acids is 2. The van der Waals surface area contributed by atoms with E-state index in [1.807, 2.05) is 0 Å². The number of nitrogens with zero attached hydrogens (tertiary/aromatic N) is 2. The van der Waals surface area contributed by atoms with Crippen LogP contribution in [0.15, 0.2) is 36.5 Å². The molecule has 10 nitrogen and oxygen atoms in total. The lowest BCUT2D eigenvalue weighted by atomic mass is 9.99. The first kappa shape index (κ1) is 25.7. The molecule has 3 aromatic rings. The smallest absolute Gasteiger partial charge is 0.420 e. The van der Waals surface area contributed by atoms with Gasteiger partial charge in [-0.15, -0.1) is 0 Å². The Bertz CT molecular complexity index is 1250. The van der Waals surface area contributed by atoms with Crippen molar-refractivity contribution in [3.05, 3.63) is 62.8 Å². The zero-order chi connectivity index (χ0) is 25.8. The molecule has 1 aromatic heterocycles. The van der Waals surface area contributed by atoms with Gasteiger partial charge < -0.3 is 14.8 Å². The monoisotopic (exact) mass is 514 g/mol. The number of nitro benzene ring substituents is 1. The molecule has 35 heavy (non-hydrogen) atoms. The summed E-state index contributed by atoms with van der Waals surface area (Å²) in [4.78, 5) is 34.6. The number of ether oxygens (including phenoxy) is 2. The van der Waals surface area contributed by atoms with E-state index in [2.05, 4.69) is 15.5 Å². The SMILES string of the molecule is CCC(F)(F)F.O=C(Oc1ccc([N+](=O)[O-])cc1)O[C@@H]1Cc2cc(Cl)c3[nH]ncc3c2CNC1=O. The molecule has 0 spiro atoms. The minimum Gasteiger partial charge on any atom is -0.420 e. The van der Waals surface area contributed by atoms with Crippen LogP contribution in [0.1, 0.15) is 24.5 Å². The number of carbonyl (C=O) groups is 2. The number of amides is 1. The van der Waals surface area contributed by atoms with Crippen molar-refractivity contribution in [1.29, 1.82) is 0 Å². The van der Waals surface area contributed by atoms with Crippen LogP contribution in [0.25, 0.3) is 10.9 Å². The van der Waals surface area contributed by atoms with E-state index in [-0.39, 0.29) is 24.4 Å². The molecule has 1 aliphatic heterocycles. The molecule has 14 heteroatoms. The van der Waals surface area contributed by atoms with Gasteiger partial charge in [0.15, 0.2) is 6.10 Å². The van der Waals surface area contributed by atoms with Crippen molar-refractivity contribution in [2.24, 2.45) is 0 Å². The number of alkyl halides is 3. The lowest BCUT2D eigenvalue weighted by Crippen LogP contribution is -2.37. The number of nitro groups is 1.